The normalized spacial score (nSPS) is 26.1. The van der Waals surface area contributed by atoms with E-state index >= 15 is 0 Å². The monoisotopic (exact) mass is 417 g/mol. The van der Waals surface area contributed by atoms with Crippen molar-refractivity contribution in [2.75, 3.05) is 18.6 Å². The molecule has 2 fully saturated rings. The third-order valence-corrected chi connectivity index (χ3v) is 6.72. The molecule has 2 amide bonds. The van der Waals surface area contributed by atoms with Crippen LogP contribution in [0.3, 0.4) is 0 Å². The molecule has 1 saturated heterocycles. The smallest absolute Gasteiger partial charge is 0.238 e. The highest BCUT2D eigenvalue weighted by Gasteiger charge is 2.60. The number of hydrogen-bond donors (Lipinski definition) is 0. The molecule has 6 heteroatoms. The van der Waals surface area contributed by atoms with Gasteiger partial charge in [-0.1, -0.05) is 29.8 Å². The van der Waals surface area contributed by atoms with Gasteiger partial charge in [0.15, 0.2) is 12.4 Å². The number of imide groups is 1. The Morgan fingerprint density at radius 1 is 1.03 bits per heavy atom. The van der Waals surface area contributed by atoms with Gasteiger partial charge in [-0.15, -0.1) is 0 Å². The van der Waals surface area contributed by atoms with Gasteiger partial charge < -0.3 is 9.47 Å². The van der Waals surface area contributed by atoms with E-state index in [4.69, 9.17) is 9.47 Å². The lowest BCUT2D eigenvalue weighted by Gasteiger charge is -2.19. The molecule has 158 valence electrons. The van der Waals surface area contributed by atoms with Crippen LogP contribution >= 0.6 is 0 Å². The van der Waals surface area contributed by atoms with Crippen molar-refractivity contribution in [1.29, 1.82) is 0 Å². The summed E-state index contributed by atoms with van der Waals surface area (Å²) in [5.74, 6) is 0.433. The van der Waals surface area contributed by atoms with Gasteiger partial charge in [0.2, 0.25) is 11.8 Å². The minimum Gasteiger partial charge on any atom is -0.497 e. The summed E-state index contributed by atoms with van der Waals surface area (Å²) in [6.45, 7) is 1.89. The van der Waals surface area contributed by atoms with Crippen LogP contribution in [0.2, 0.25) is 0 Å². The number of methoxy groups -OCH3 is 1. The predicted molar refractivity (Wildman–Crippen MR) is 114 cm³/mol. The first-order chi connectivity index (χ1) is 15.0. The second kappa shape index (κ2) is 7.38. The molecule has 2 aromatic rings. The van der Waals surface area contributed by atoms with E-state index in [0.29, 0.717) is 22.7 Å². The zero-order chi connectivity index (χ0) is 21.7. The van der Waals surface area contributed by atoms with Gasteiger partial charge in [-0.3, -0.25) is 14.4 Å². The van der Waals surface area contributed by atoms with Crippen LogP contribution in [0.15, 0.2) is 60.2 Å². The quantitative estimate of drug-likeness (QED) is 0.407. The summed E-state index contributed by atoms with van der Waals surface area (Å²) in [5, 5.41) is 0. The number of carbonyl (C=O) groups is 3. The molecule has 1 aliphatic heterocycles. The summed E-state index contributed by atoms with van der Waals surface area (Å²) in [6, 6.07) is 13.7. The standard InChI is InChI=1S/C25H23NO5/c1-14-9-16-11-20(14)23-22(16)24(28)26(25(23)29)17-6-4-8-19(12-17)31-13-21(27)15-5-3-7-18(10-15)30-2/h3-10,12,16,20,22-23H,11,13H2,1-2H3/t16-,20-,22+,23-/m0/s1. The Kier molecular flexibility index (Phi) is 4.65. The Hall–Kier alpha value is -3.41. The van der Waals surface area contributed by atoms with Crippen molar-refractivity contribution in [2.24, 2.45) is 23.7 Å². The number of fused-ring (bicyclic) bond motifs is 5. The number of rotatable bonds is 6. The van der Waals surface area contributed by atoms with Crippen LogP contribution in [0.4, 0.5) is 5.69 Å². The second-order valence-electron chi connectivity index (χ2n) is 8.42. The lowest BCUT2D eigenvalue weighted by atomic mass is 9.82. The van der Waals surface area contributed by atoms with Gasteiger partial charge >= 0.3 is 0 Å². The summed E-state index contributed by atoms with van der Waals surface area (Å²) in [6.07, 6.45) is 3.06. The molecule has 3 aliphatic rings. The van der Waals surface area contributed by atoms with Gasteiger partial charge in [-0.25, -0.2) is 4.90 Å². The number of hydrogen-bond acceptors (Lipinski definition) is 5. The molecule has 0 aromatic heterocycles. The number of anilines is 1. The van der Waals surface area contributed by atoms with Crippen molar-refractivity contribution in [3.05, 3.63) is 65.7 Å². The van der Waals surface area contributed by atoms with Crippen molar-refractivity contribution in [3.63, 3.8) is 0 Å². The molecule has 31 heavy (non-hydrogen) atoms. The maximum atomic E-state index is 13.1. The SMILES string of the molecule is COc1cccc(C(=O)COc2cccc(N3C(=O)[C@@H]4[C@H](C3=O)[C@H]3C=C(C)[C@@H]4C3)c2)c1. The van der Waals surface area contributed by atoms with Gasteiger partial charge in [0.05, 0.1) is 24.6 Å². The fraction of sp³-hybridized carbons (Fsp3) is 0.320. The van der Waals surface area contributed by atoms with Crippen molar-refractivity contribution in [1.82, 2.24) is 0 Å². The fourth-order valence-electron chi connectivity index (χ4n) is 5.27. The second-order valence-corrected chi connectivity index (χ2v) is 8.42. The molecule has 1 saturated carbocycles. The van der Waals surface area contributed by atoms with Crippen LogP contribution in [-0.4, -0.2) is 31.3 Å². The van der Waals surface area contributed by atoms with E-state index in [1.54, 1.807) is 55.6 Å². The summed E-state index contributed by atoms with van der Waals surface area (Å²) < 4.78 is 10.8. The largest absolute Gasteiger partial charge is 0.497 e. The Labute approximate surface area is 180 Å². The van der Waals surface area contributed by atoms with E-state index < -0.39 is 0 Å². The minimum absolute atomic E-state index is 0.125. The Morgan fingerprint density at radius 3 is 2.58 bits per heavy atom. The van der Waals surface area contributed by atoms with Crippen LogP contribution < -0.4 is 14.4 Å². The molecule has 2 bridgehead atoms. The van der Waals surface area contributed by atoms with E-state index in [1.807, 2.05) is 0 Å². The highest BCUT2D eigenvalue weighted by molar-refractivity contribution is 6.23. The molecule has 0 radical (unpaired) electrons. The van der Waals surface area contributed by atoms with Crippen LogP contribution in [-0.2, 0) is 9.59 Å². The Morgan fingerprint density at radius 2 is 1.77 bits per heavy atom. The van der Waals surface area contributed by atoms with Crippen molar-refractivity contribution >= 4 is 23.3 Å². The van der Waals surface area contributed by atoms with E-state index in [0.717, 1.165) is 6.42 Å². The number of benzene rings is 2. The molecular weight excluding hydrogens is 394 g/mol. The molecule has 0 spiro atoms. The number of Topliss-reactive ketones (excluding diaryl/α,β-unsaturated/α-hetero) is 1. The van der Waals surface area contributed by atoms with Crippen molar-refractivity contribution < 1.29 is 23.9 Å². The fourth-order valence-corrected chi connectivity index (χ4v) is 5.27. The molecule has 4 atom stereocenters. The predicted octanol–water partition coefficient (Wildman–Crippen LogP) is 3.66. The van der Waals surface area contributed by atoms with Gasteiger partial charge in [0.25, 0.3) is 0 Å². The van der Waals surface area contributed by atoms with Crippen molar-refractivity contribution in [3.8, 4) is 11.5 Å². The van der Waals surface area contributed by atoms with Crippen LogP contribution in [0.1, 0.15) is 23.7 Å². The lowest BCUT2D eigenvalue weighted by Crippen LogP contribution is -2.32. The molecule has 6 nitrogen and oxygen atoms in total. The minimum atomic E-state index is -0.250. The summed E-state index contributed by atoms with van der Waals surface area (Å²) in [5.41, 5.74) is 2.21. The van der Waals surface area contributed by atoms with Crippen LogP contribution in [0.25, 0.3) is 0 Å². The van der Waals surface area contributed by atoms with E-state index in [1.165, 1.54) is 10.5 Å². The van der Waals surface area contributed by atoms with Crippen LogP contribution in [0.5, 0.6) is 11.5 Å². The van der Waals surface area contributed by atoms with Gasteiger partial charge in [0.1, 0.15) is 11.5 Å². The average molecular weight is 417 g/mol. The van der Waals surface area contributed by atoms with E-state index in [9.17, 15) is 14.4 Å². The third-order valence-electron chi connectivity index (χ3n) is 6.72. The molecule has 5 rings (SSSR count). The first-order valence-electron chi connectivity index (χ1n) is 10.4. The van der Waals surface area contributed by atoms with Crippen LogP contribution in [0, 0.1) is 23.7 Å². The Bertz CT molecular complexity index is 1120. The third kappa shape index (κ3) is 3.14. The number of carbonyl (C=O) groups excluding carboxylic acids is 3. The zero-order valence-electron chi connectivity index (χ0n) is 17.4. The molecule has 0 N–H and O–H groups in total. The summed E-state index contributed by atoms with van der Waals surface area (Å²) in [7, 11) is 1.55. The average Bonchev–Trinajstić information content (AvgIpc) is 3.42. The lowest BCUT2D eigenvalue weighted by molar-refractivity contribution is -0.123. The topological polar surface area (TPSA) is 72.9 Å². The summed E-state index contributed by atoms with van der Waals surface area (Å²) in [4.78, 5) is 40.0. The van der Waals surface area contributed by atoms with E-state index in [-0.39, 0.29) is 47.9 Å². The molecular formula is C25H23NO5. The highest BCUT2D eigenvalue weighted by Crippen LogP contribution is 2.55. The number of nitrogens with zero attached hydrogens (tertiary/aromatic N) is 1. The van der Waals surface area contributed by atoms with Gasteiger partial charge in [-0.05, 0) is 49.4 Å². The van der Waals surface area contributed by atoms with Gasteiger partial charge in [-0.2, -0.15) is 0 Å². The Balaban J connectivity index is 1.31. The molecule has 0 unspecified atom stereocenters. The molecule has 2 aromatic carbocycles. The highest BCUT2D eigenvalue weighted by atomic mass is 16.5. The zero-order valence-corrected chi connectivity index (χ0v) is 17.4. The number of amides is 2. The number of allylic oxidation sites excluding steroid dienone is 2. The molecule has 1 heterocycles. The first-order valence-corrected chi connectivity index (χ1v) is 10.4. The van der Waals surface area contributed by atoms with E-state index in [2.05, 4.69) is 13.0 Å². The molecule has 2 aliphatic carbocycles. The summed E-state index contributed by atoms with van der Waals surface area (Å²) >= 11 is 0. The van der Waals surface area contributed by atoms with Gasteiger partial charge in [0, 0.05) is 11.6 Å². The van der Waals surface area contributed by atoms with Crippen molar-refractivity contribution in [2.45, 2.75) is 13.3 Å². The number of ketones is 1. The maximum Gasteiger partial charge on any atom is 0.238 e. The first kappa shape index (κ1) is 19.5. The number of ether oxygens (including phenoxy) is 2. The maximum absolute atomic E-state index is 13.1.